The average Bonchev–Trinajstić information content (AvgIpc) is 2.47. The van der Waals surface area contributed by atoms with Crippen LogP contribution in [-0.2, 0) is 4.74 Å². The molecular weight excluding hydrogens is 473 g/mol. The lowest BCUT2D eigenvalue weighted by atomic mass is 9.98. The summed E-state index contributed by atoms with van der Waals surface area (Å²) in [5.74, 6) is 1.39. The molecule has 0 aromatic heterocycles. The minimum atomic E-state index is -0.436. The van der Waals surface area contributed by atoms with E-state index in [1.807, 2.05) is 39.0 Å². The van der Waals surface area contributed by atoms with Crippen molar-refractivity contribution in [2.75, 3.05) is 19.7 Å². The Balaban J connectivity index is 1.79. The van der Waals surface area contributed by atoms with Gasteiger partial charge < -0.3 is 14.4 Å². The summed E-state index contributed by atoms with van der Waals surface area (Å²) in [5.41, 5.74) is -0.436. The number of hydrogen-bond acceptors (Lipinski definition) is 3. The van der Waals surface area contributed by atoms with Crippen molar-refractivity contribution in [3.8, 4) is 5.75 Å². The van der Waals surface area contributed by atoms with Crippen LogP contribution in [-0.4, -0.2) is 36.3 Å². The van der Waals surface area contributed by atoms with Crippen molar-refractivity contribution >= 4 is 44.6 Å². The molecule has 0 N–H and O–H groups in total. The Labute approximate surface area is 160 Å². The van der Waals surface area contributed by atoms with Crippen LogP contribution in [0.25, 0.3) is 0 Å². The monoisotopic (exact) mass is 495 g/mol. The first-order valence-electron chi connectivity index (χ1n) is 7.80. The van der Waals surface area contributed by atoms with Gasteiger partial charge in [0, 0.05) is 17.6 Å². The molecule has 4 nitrogen and oxygen atoms in total. The Morgan fingerprint density at radius 2 is 2.00 bits per heavy atom. The molecule has 1 amide bonds. The molecule has 1 fully saturated rings. The maximum Gasteiger partial charge on any atom is 0.410 e. The highest BCUT2D eigenvalue weighted by Crippen LogP contribution is 2.27. The molecule has 0 unspecified atom stereocenters. The van der Waals surface area contributed by atoms with E-state index in [1.165, 1.54) is 0 Å². The predicted molar refractivity (Wildman–Crippen MR) is 103 cm³/mol. The number of rotatable bonds is 3. The van der Waals surface area contributed by atoms with Crippen molar-refractivity contribution in [2.45, 2.75) is 39.2 Å². The summed E-state index contributed by atoms with van der Waals surface area (Å²) in [6.07, 6.45) is 1.69. The fraction of sp³-hybridized carbons (Fsp3) is 0.588. The fourth-order valence-corrected chi connectivity index (χ4v) is 3.24. The van der Waals surface area contributed by atoms with Crippen molar-refractivity contribution < 1.29 is 14.3 Å². The van der Waals surface area contributed by atoms with E-state index < -0.39 is 5.60 Å². The van der Waals surface area contributed by atoms with Crippen LogP contribution in [0.2, 0.25) is 0 Å². The highest BCUT2D eigenvalue weighted by molar-refractivity contribution is 14.1. The summed E-state index contributed by atoms with van der Waals surface area (Å²) in [5, 5.41) is 0. The third-order valence-corrected chi connectivity index (χ3v) is 5.02. The maximum atomic E-state index is 12.0. The van der Waals surface area contributed by atoms with Gasteiger partial charge in [-0.1, -0.05) is 15.9 Å². The highest BCUT2D eigenvalue weighted by Gasteiger charge is 2.27. The lowest BCUT2D eigenvalue weighted by Gasteiger charge is -2.33. The number of halogens is 2. The summed E-state index contributed by atoms with van der Waals surface area (Å²) in [6, 6.07) is 6.04. The van der Waals surface area contributed by atoms with Crippen molar-refractivity contribution in [1.82, 2.24) is 4.90 Å². The van der Waals surface area contributed by atoms with Gasteiger partial charge in [0.1, 0.15) is 11.4 Å². The quantitative estimate of drug-likeness (QED) is 0.549. The van der Waals surface area contributed by atoms with Crippen molar-refractivity contribution in [3.05, 3.63) is 26.2 Å². The summed E-state index contributed by atoms with van der Waals surface area (Å²) < 4.78 is 13.5. The van der Waals surface area contributed by atoms with Gasteiger partial charge in [0.25, 0.3) is 0 Å². The van der Waals surface area contributed by atoms with E-state index in [4.69, 9.17) is 9.47 Å². The molecule has 0 radical (unpaired) electrons. The molecule has 6 heteroatoms. The maximum absolute atomic E-state index is 12.0. The Kier molecular flexibility index (Phi) is 6.59. The Hall–Kier alpha value is -0.500. The van der Waals surface area contributed by atoms with Gasteiger partial charge in [0.2, 0.25) is 0 Å². The van der Waals surface area contributed by atoms with Gasteiger partial charge in [-0.05, 0) is 80.3 Å². The van der Waals surface area contributed by atoms with Gasteiger partial charge >= 0.3 is 6.09 Å². The zero-order valence-corrected chi connectivity index (χ0v) is 17.5. The first-order valence-corrected chi connectivity index (χ1v) is 9.67. The van der Waals surface area contributed by atoms with E-state index in [-0.39, 0.29) is 6.09 Å². The SMILES string of the molecule is CC(C)(C)OC(=O)N1CCC(COc2cc(Br)ccc2I)CC1. The molecule has 0 bridgehead atoms. The Morgan fingerprint density at radius 1 is 1.35 bits per heavy atom. The molecule has 23 heavy (non-hydrogen) atoms. The Morgan fingerprint density at radius 3 is 2.61 bits per heavy atom. The summed E-state index contributed by atoms with van der Waals surface area (Å²) in [4.78, 5) is 13.8. The Bertz CT molecular complexity index is 551. The average molecular weight is 496 g/mol. The molecule has 0 saturated carbocycles. The number of amides is 1. The number of ether oxygens (including phenoxy) is 2. The minimum absolute atomic E-state index is 0.210. The number of likely N-dealkylation sites (tertiary alicyclic amines) is 1. The molecule has 1 heterocycles. The molecule has 1 aromatic carbocycles. The van der Waals surface area contributed by atoms with Crippen LogP contribution in [0.1, 0.15) is 33.6 Å². The van der Waals surface area contributed by atoms with E-state index in [0.717, 1.165) is 39.7 Å². The highest BCUT2D eigenvalue weighted by atomic mass is 127. The number of nitrogens with zero attached hydrogens (tertiary/aromatic N) is 1. The summed E-state index contributed by atoms with van der Waals surface area (Å²) in [6.45, 7) is 7.84. The third-order valence-electron chi connectivity index (χ3n) is 3.63. The molecule has 1 saturated heterocycles. The van der Waals surface area contributed by atoms with E-state index in [0.29, 0.717) is 12.5 Å². The molecule has 0 atom stereocenters. The van der Waals surface area contributed by atoms with Gasteiger partial charge in [-0.2, -0.15) is 0 Å². The predicted octanol–water partition coefficient (Wildman–Crippen LogP) is 5.08. The van der Waals surface area contributed by atoms with Crippen molar-refractivity contribution in [1.29, 1.82) is 0 Å². The van der Waals surface area contributed by atoms with Crippen molar-refractivity contribution in [2.24, 2.45) is 5.92 Å². The number of hydrogen-bond donors (Lipinski definition) is 0. The van der Waals surface area contributed by atoms with Crippen LogP contribution in [0, 0.1) is 9.49 Å². The normalized spacial score (nSPS) is 16.3. The standard InChI is InChI=1S/C17H23BrINO3/c1-17(2,3)23-16(21)20-8-6-12(7-9-20)11-22-15-10-13(18)4-5-14(15)19/h4-5,10,12H,6-9,11H2,1-3H3. The number of carbonyl (C=O) groups is 1. The molecule has 0 aliphatic carbocycles. The second-order valence-electron chi connectivity index (χ2n) is 6.80. The molecule has 1 aliphatic rings. The third kappa shape index (κ3) is 6.14. The van der Waals surface area contributed by atoms with Crippen LogP contribution in [0.4, 0.5) is 4.79 Å². The van der Waals surface area contributed by atoms with Gasteiger partial charge in [0.05, 0.1) is 10.2 Å². The molecule has 1 aromatic rings. The zero-order valence-electron chi connectivity index (χ0n) is 13.8. The largest absolute Gasteiger partial charge is 0.492 e. The topological polar surface area (TPSA) is 38.8 Å². The van der Waals surface area contributed by atoms with Crippen LogP contribution < -0.4 is 4.74 Å². The molecule has 128 valence electrons. The first-order chi connectivity index (χ1) is 10.7. The molecule has 0 spiro atoms. The van der Waals surface area contributed by atoms with Crippen LogP contribution in [0.5, 0.6) is 5.75 Å². The molecule has 2 rings (SSSR count). The first kappa shape index (κ1) is 18.8. The number of carbonyl (C=O) groups excluding carboxylic acids is 1. The van der Waals surface area contributed by atoms with E-state index in [2.05, 4.69) is 38.5 Å². The van der Waals surface area contributed by atoms with Crippen LogP contribution in [0.3, 0.4) is 0 Å². The zero-order chi connectivity index (χ0) is 17.0. The summed E-state index contributed by atoms with van der Waals surface area (Å²) >= 11 is 5.75. The smallest absolute Gasteiger partial charge is 0.410 e. The fourth-order valence-electron chi connectivity index (χ4n) is 2.40. The minimum Gasteiger partial charge on any atom is -0.492 e. The van der Waals surface area contributed by atoms with Crippen LogP contribution >= 0.6 is 38.5 Å². The summed E-state index contributed by atoms with van der Waals surface area (Å²) in [7, 11) is 0. The van der Waals surface area contributed by atoms with Crippen molar-refractivity contribution in [3.63, 3.8) is 0 Å². The van der Waals surface area contributed by atoms with Gasteiger partial charge in [-0.25, -0.2) is 4.79 Å². The van der Waals surface area contributed by atoms with E-state index >= 15 is 0 Å². The number of piperidine rings is 1. The molecule has 1 aliphatic heterocycles. The lowest BCUT2D eigenvalue weighted by Crippen LogP contribution is -2.42. The van der Waals surface area contributed by atoms with Gasteiger partial charge in [-0.15, -0.1) is 0 Å². The van der Waals surface area contributed by atoms with E-state index in [1.54, 1.807) is 4.90 Å². The van der Waals surface area contributed by atoms with Crippen LogP contribution in [0.15, 0.2) is 22.7 Å². The van der Waals surface area contributed by atoms with E-state index in [9.17, 15) is 4.79 Å². The second-order valence-corrected chi connectivity index (χ2v) is 8.87. The second kappa shape index (κ2) is 8.05. The number of benzene rings is 1. The van der Waals surface area contributed by atoms with Gasteiger partial charge in [0.15, 0.2) is 0 Å². The lowest BCUT2D eigenvalue weighted by molar-refractivity contribution is 0.0165. The molecular formula is C17H23BrINO3. The van der Waals surface area contributed by atoms with Gasteiger partial charge in [-0.3, -0.25) is 0 Å².